The van der Waals surface area contributed by atoms with Gasteiger partial charge in [-0.3, -0.25) is 9.78 Å². The van der Waals surface area contributed by atoms with Crippen LogP contribution in [0.15, 0.2) is 41.5 Å². The lowest BCUT2D eigenvalue weighted by atomic mass is 10.2. The average molecular weight is 204 g/mol. The molecule has 0 radical (unpaired) electrons. The molecule has 0 saturated carbocycles. The lowest BCUT2D eigenvalue weighted by Gasteiger charge is -2.01. The molecule has 2 aromatic rings. The summed E-state index contributed by atoms with van der Waals surface area (Å²) in [5, 5.41) is 0. The van der Waals surface area contributed by atoms with Crippen molar-refractivity contribution in [3.8, 4) is 11.3 Å². The highest BCUT2D eigenvalue weighted by molar-refractivity contribution is 5.57. The predicted molar refractivity (Wildman–Crippen MR) is 54.9 cm³/mol. The Morgan fingerprint density at radius 3 is 2.80 bits per heavy atom. The molecular weight excluding hydrogens is 195 g/mol. The molecule has 76 valence electrons. The first-order chi connectivity index (χ1) is 7.16. The van der Waals surface area contributed by atoms with Crippen LogP contribution in [0.25, 0.3) is 11.3 Å². The third-order valence-electron chi connectivity index (χ3n) is 2.12. The van der Waals surface area contributed by atoms with Gasteiger partial charge < -0.3 is 4.57 Å². The van der Waals surface area contributed by atoms with Gasteiger partial charge in [-0.25, -0.2) is 4.39 Å². The van der Waals surface area contributed by atoms with E-state index < -0.39 is 0 Å². The normalized spacial score (nSPS) is 10.3. The third kappa shape index (κ3) is 1.93. The first-order valence-corrected chi connectivity index (χ1v) is 4.45. The average Bonchev–Trinajstić information content (AvgIpc) is 2.22. The summed E-state index contributed by atoms with van der Waals surface area (Å²) in [5.41, 5.74) is 0.948. The van der Waals surface area contributed by atoms with Crippen molar-refractivity contribution in [1.82, 2.24) is 9.55 Å². The van der Waals surface area contributed by atoms with E-state index in [-0.39, 0.29) is 11.4 Å². The van der Waals surface area contributed by atoms with Crippen LogP contribution in [0.2, 0.25) is 0 Å². The van der Waals surface area contributed by atoms with Crippen molar-refractivity contribution in [3.05, 3.63) is 52.8 Å². The van der Waals surface area contributed by atoms with Crippen LogP contribution in [0, 0.1) is 5.82 Å². The van der Waals surface area contributed by atoms with Crippen molar-refractivity contribution in [2.24, 2.45) is 7.05 Å². The zero-order valence-corrected chi connectivity index (χ0v) is 8.14. The van der Waals surface area contributed by atoms with Crippen LogP contribution in [-0.4, -0.2) is 9.55 Å². The van der Waals surface area contributed by atoms with Gasteiger partial charge in [-0.05, 0) is 12.1 Å². The molecule has 2 rings (SSSR count). The minimum atomic E-state index is -0.360. The Kier molecular flexibility index (Phi) is 2.33. The van der Waals surface area contributed by atoms with Crippen LogP contribution in [-0.2, 0) is 7.05 Å². The van der Waals surface area contributed by atoms with Gasteiger partial charge in [0.05, 0.1) is 5.69 Å². The van der Waals surface area contributed by atoms with E-state index in [2.05, 4.69) is 4.98 Å². The Balaban J connectivity index is 2.55. The van der Waals surface area contributed by atoms with Crippen molar-refractivity contribution in [1.29, 1.82) is 0 Å². The van der Waals surface area contributed by atoms with Gasteiger partial charge in [-0.15, -0.1) is 0 Å². The highest BCUT2D eigenvalue weighted by atomic mass is 19.1. The molecule has 0 aliphatic rings. The third-order valence-corrected chi connectivity index (χ3v) is 2.12. The Morgan fingerprint density at radius 1 is 1.33 bits per heavy atom. The molecule has 2 heterocycles. The van der Waals surface area contributed by atoms with Crippen LogP contribution < -0.4 is 5.56 Å². The number of aryl methyl sites for hydroxylation is 1. The first-order valence-electron chi connectivity index (χ1n) is 4.45. The molecule has 0 unspecified atom stereocenters. The number of halogens is 1. The molecule has 0 aromatic carbocycles. The minimum absolute atomic E-state index is 0.140. The Morgan fingerprint density at radius 2 is 2.13 bits per heavy atom. The maximum atomic E-state index is 12.9. The predicted octanol–water partition coefficient (Wildman–Crippen LogP) is 1.59. The van der Waals surface area contributed by atoms with E-state index in [9.17, 15) is 9.18 Å². The summed E-state index contributed by atoms with van der Waals surface area (Å²) in [6.45, 7) is 0. The summed E-state index contributed by atoms with van der Waals surface area (Å²) in [6.07, 6.45) is 3.01. The van der Waals surface area contributed by atoms with Crippen molar-refractivity contribution in [3.63, 3.8) is 0 Å². The second-order valence-electron chi connectivity index (χ2n) is 3.22. The molecule has 0 spiro atoms. The molecule has 3 nitrogen and oxygen atoms in total. The molecule has 4 heteroatoms. The first kappa shape index (κ1) is 9.58. The second kappa shape index (κ2) is 3.65. The van der Waals surface area contributed by atoms with E-state index in [1.807, 2.05) is 0 Å². The highest BCUT2D eigenvalue weighted by Crippen LogP contribution is 2.14. The fraction of sp³-hybridized carbons (Fsp3) is 0.0909. The fourth-order valence-electron chi connectivity index (χ4n) is 1.27. The van der Waals surface area contributed by atoms with Crippen molar-refractivity contribution in [2.75, 3.05) is 0 Å². The molecule has 0 aliphatic carbocycles. The number of pyridine rings is 2. The Labute approximate surface area is 85.8 Å². The van der Waals surface area contributed by atoms with E-state index >= 15 is 0 Å². The van der Waals surface area contributed by atoms with Crippen molar-refractivity contribution < 1.29 is 4.39 Å². The van der Waals surface area contributed by atoms with E-state index in [4.69, 9.17) is 0 Å². The number of aromatic nitrogens is 2. The van der Waals surface area contributed by atoms with Crippen LogP contribution in [0.5, 0.6) is 0 Å². The smallest absolute Gasteiger partial charge is 0.250 e. The van der Waals surface area contributed by atoms with Gasteiger partial charge in [0.25, 0.3) is 5.56 Å². The Hall–Kier alpha value is -1.97. The van der Waals surface area contributed by atoms with E-state index in [1.54, 1.807) is 19.3 Å². The maximum absolute atomic E-state index is 12.9. The number of hydrogen-bond donors (Lipinski definition) is 0. The highest BCUT2D eigenvalue weighted by Gasteiger charge is 2.01. The summed E-state index contributed by atoms with van der Waals surface area (Å²) >= 11 is 0. The Bertz CT molecular complexity index is 548. The molecule has 2 aromatic heterocycles. The fourth-order valence-corrected chi connectivity index (χ4v) is 1.27. The molecule has 0 N–H and O–H groups in total. The van der Waals surface area contributed by atoms with Gasteiger partial charge in [-0.1, -0.05) is 0 Å². The molecule has 0 fully saturated rings. The zero-order valence-electron chi connectivity index (χ0n) is 8.14. The van der Waals surface area contributed by atoms with Gasteiger partial charge in [0, 0.05) is 37.1 Å². The zero-order chi connectivity index (χ0) is 10.8. The monoisotopic (exact) mass is 204 g/mol. The molecule has 0 saturated heterocycles. The standard InChI is InChI=1S/C11H9FN2O/c1-14-5-3-8(6-11(14)15)10-7-9(12)2-4-13-10/h2-7H,1H3. The molecule has 0 aliphatic heterocycles. The quantitative estimate of drug-likeness (QED) is 0.707. The molecule has 0 atom stereocenters. The largest absolute Gasteiger partial charge is 0.319 e. The summed E-state index contributed by atoms with van der Waals surface area (Å²) in [5.74, 6) is -0.360. The van der Waals surface area contributed by atoms with Crippen LogP contribution >= 0.6 is 0 Å². The van der Waals surface area contributed by atoms with Crippen molar-refractivity contribution in [2.45, 2.75) is 0 Å². The summed E-state index contributed by atoms with van der Waals surface area (Å²) in [7, 11) is 1.66. The van der Waals surface area contributed by atoms with E-state index in [0.29, 0.717) is 11.3 Å². The maximum Gasteiger partial charge on any atom is 0.250 e. The number of nitrogens with zero attached hydrogens (tertiary/aromatic N) is 2. The summed E-state index contributed by atoms with van der Waals surface area (Å²) in [4.78, 5) is 15.3. The van der Waals surface area contributed by atoms with Gasteiger partial charge in [0.15, 0.2) is 0 Å². The molecule has 0 amide bonds. The van der Waals surface area contributed by atoms with Crippen LogP contribution in [0.4, 0.5) is 4.39 Å². The molecule has 15 heavy (non-hydrogen) atoms. The van der Waals surface area contributed by atoms with Gasteiger partial charge in [0.1, 0.15) is 5.82 Å². The lowest BCUT2D eigenvalue weighted by Crippen LogP contribution is -2.14. The van der Waals surface area contributed by atoms with Crippen molar-refractivity contribution >= 4 is 0 Å². The summed E-state index contributed by atoms with van der Waals surface area (Å²) in [6, 6.07) is 5.73. The number of hydrogen-bond acceptors (Lipinski definition) is 2. The van der Waals surface area contributed by atoms with Crippen LogP contribution in [0.1, 0.15) is 0 Å². The minimum Gasteiger partial charge on any atom is -0.319 e. The topological polar surface area (TPSA) is 34.9 Å². The number of rotatable bonds is 1. The lowest BCUT2D eigenvalue weighted by molar-refractivity contribution is 0.626. The van der Waals surface area contributed by atoms with Gasteiger partial charge in [-0.2, -0.15) is 0 Å². The van der Waals surface area contributed by atoms with Gasteiger partial charge in [0.2, 0.25) is 0 Å². The van der Waals surface area contributed by atoms with Crippen LogP contribution in [0.3, 0.4) is 0 Å². The second-order valence-corrected chi connectivity index (χ2v) is 3.22. The summed E-state index contributed by atoms with van der Waals surface area (Å²) < 4.78 is 14.4. The SMILES string of the molecule is Cn1ccc(-c2cc(F)ccn2)cc1=O. The van der Waals surface area contributed by atoms with E-state index in [0.717, 1.165) is 0 Å². The van der Waals surface area contributed by atoms with E-state index in [1.165, 1.54) is 29.0 Å². The molecule has 0 bridgehead atoms. The van der Waals surface area contributed by atoms with Gasteiger partial charge >= 0.3 is 0 Å². The molecular formula is C11H9FN2O.